The lowest BCUT2D eigenvalue weighted by Crippen LogP contribution is -2.28. The molecule has 2 N–H and O–H groups in total. The molecular formula is C26H30N2O4S. The molecule has 0 spiro atoms. The third kappa shape index (κ3) is 6.14. The molecule has 7 heteroatoms. The highest BCUT2D eigenvalue weighted by atomic mass is 32.2. The molecule has 0 radical (unpaired) electrons. The zero-order valence-electron chi connectivity index (χ0n) is 19.7. The van der Waals surface area contributed by atoms with Crippen molar-refractivity contribution < 1.29 is 17.9 Å². The van der Waals surface area contributed by atoms with E-state index in [1.54, 1.807) is 25.1 Å². The van der Waals surface area contributed by atoms with Gasteiger partial charge < -0.3 is 10.1 Å². The van der Waals surface area contributed by atoms with Gasteiger partial charge in [-0.05, 0) is 81.1 Å². The van der Waals surface area contributed by atoms with Gasteiger partial charge >= 0.3 is 0 Å². The monoisotopic (exact) mass is 466 g/mol. The Hall–Kier alpha value is -3.32. The first kappa shape index (κ1) is 24.3. The van der Waals surface area contributed by atoms with Gasteiger partial charge in [0.05, 0.1) is 17.1 Å². The van der Waals surface area contributed by atoms with Gasteiger partial charge in [0.1, 0.15) is 12.4 Å². The predicted molar refractivity (Wildman–Crippen MR) is 132 cm³/mol. The molecule has 0 saturated carbocycles. The van der Waals surface area contributed by atoms with Crippen LogP contribution < -0.4 is 14.8 Å². The second-order valence-corrected chi connectivity index (χ2v) is 9.93. The zero-order valence-corrected chi connectivity index (χ0v) is 20.5. The van der Waals surface area contributed by atoms with Crippen molar-refractivity contribution >= 4 is 21.6 Å². The van der Waals surface area contributed by atoms with Crippen LogP contribution in [0.5, 0.6) is 5.75 Å². The van der Waals surface area contributed by atoms with Crippen LogP contribution in [-0.2, 0) is 10.0 Å². The fourth-order valence-corrected chi connectivity index (χ4v) is 4.85. The summed E-state index contributed by atoms with van der Waals surface area (Å²) in [4.78, 5) is 12.7. The van der Waals surface area contributed by atoms with Gasteiger partial charge in [-0.25, -0.2) is 8.42 Å². The maximum Gasteiger partial charge on any atom is 0.262 e. The number of nitrogens with one attached hydrogen (secondary N) is 2. The summed E-state index contributed by atoms with van der Waals surface area (Å²) in [5, 5.41) is 2.79. The van der Waals surface area contributed by atoms with Gasteiger partial charge in [-0.2, -0.15) is 0 Å². The van der Waals surface area contributed by atoms with E-state index >= 15 is 0 Å². The Morgan fingerprint density at radius 1 is 0.818 bits per heavy atom. The third-order valence-corrected chi connectivity index (χ3v) is 6.86. The molecule has 6 nitrogen and oxygen atoms in total. The van der Waals surface area contributed by atoms with Crippen LogP contribution >= 0.6 is 0 Å². The van der Waals surface area contributed by atoms with E-state index in [0.29, 0.717) is 24.4 Å². The van der Waals surface area contributed by atoms with Crippen molar-refractivity contribution in [1.82, 2.24) is 5.32 Å². The summed E-state index contributed by atoms with van der Waals surface area (Å²) in [6.07, 6.45) is 0. The molecular weight excluding hydrogens is 436 g/mol. The molecule has 0 saturated heterocycles. The largest absolute Gasteiger partial charge is 0.491 e. The van der Waals surface area contributed by atoms with E-state index in [9.17, 15) is 13.2 Å². The molecule has 3 aromatic carbocycles. The molecule has 0 aliphatic carbocycles. The topological polar surface area (TPSA) is 84.5 Å². The minimum Gasteiger partial charge on any atom is -0.491 e. The molecule has 0 unspecified atom stereocenters. The van der Waals surface area contributed by atoms with E-state index in [1.807, 2.05) is 58.0 Å². The highest BCUT2D eigenvalue weighted by Gasteiger charge is 2.20. The van der Waals surface area contributed by atoms with Gasteiger partial charge in [0.25, 0.3) is 15.9 Å². The van der Waals surface area contributed by atoms with E-state index < -0.39 is 10.0 Å². The van der Waals surface area contributed by atoms with E-state index in [1.165, 1.54) is 6.07 Å². The predicted octanol–water partition coefficient (Wildman–Crippen LogP) is 4.84. The second-order valence-electron chi connectivity index (χ2n) is 8.28. The lowest BCUT2D eigenvalue weighted by molar-refractivity contribution is 0.0946. The molecule has 0 atom stereocenters. The normalized spacial score (nSPS) is 11.2. The third-order valence-electron chi connectivity index (χ3n) is 5.35. The fourth-order valence-electron chi connectivity index (χ4n) is 3.45. The number of carbonyl (C=O) groups is 1. The van der Waals surface area contributed by atoms with Crippen LogP contribution in [0.25, 0.3) is 0 Å². The second kappa shape index (κ2) is 10.1. The first-order valence-electron chi connectivity index (χ1n) is 10.8. The molecule has 1 amide bonds. The fraction of sp³-hybridized carbons (Fsp3) is 0.269. The molecule has 0 fully saturated rings. The first-order valence-corrected chi connectivity index (χ1v) is 12.2. The van der Waals surface area contributed by atoms with Gasteiger partial charge in [0, 0.05) is 5.56 Å². The quantitative estimate of drug-likeness (QED) is 0.465. The Bertz CT molecular complexity index is 1280. The zero-order chi connectivity index (χ0) is 24.2. The number of benzene rings is 3. The van der Waals surface area contributed by atoms with Crippen LogP contribution in [0.2, 0.25) is 0 Å². The Morgan fingerprint density at radius 2 is 1.48 bits per heavy atom. The Morgan fingerprint density at radius 3 is 2.21 bits per heavy atom. The minimum absolute atomic E-state index is 0.0711. The summed E-state index contributed by atoms with van der Waals surface area (Å²) in [5.41, 5.74) is 5.34. The van der Waals surface area contributed by atoms with E-state index in [0.717, 1.165) is 28.0 Å². The number of hydrogen-bond donors (Lipinski definition) is 2. The molecule has 174 valence electrons. The summed E-state index contributed by atoms with van der Waals surface area (Å²) in [5.74, 6) is 0.424. The van der Waals surface area contributed by atoms with Crippen LogP contribution in [0.3, 0.4) is 0 Å². The number of anilines is 1. The van der Waals surface area contributed by atoms with Crippen LogP contribution in [-0.4, -0.2) is 27.5 Å². The van der Waals surface area contributed by atoms with Gasteiger partial charge in [-0.15, -0.1) is 0 Å². The van der Waals surface area contributed by atoms with Crippen molar-refractivity contribution in [3.05, 3.63) is 88.0 Å². The van der Waals surface area contributed by atoms with Gasteiger partial charge in [0.15, 0.2) is 0 Å². The number of rotatable bonds is 8. The van der Waals surface area contributed by atoms with Crippen LogP contribution in [0.15, 0.2) is 59.5 Å². The highest BCUT2D eigenvalue weighted by molar-refractivity contribution is 7.92. The van der Waals surface area contributed by atoms with Crippen molar-refractivity contribution in [2.45, 2.75) is 39.5 Å². The van der Waals surface area contributed by atoms with Crippen molar-refractivity contribution in [2.75, 3.05) is 17.9 Å². The maximum absolute atomic E-state index is 13.0. The number of carbonyl (C=O) groups excluding carboxylic acids is 1. The van der Waals surface area contributed by atoms with Crippen LogP contribution in [0.1, 0.15) is 38.2 Å². The highest BCUT2D eigenvalue weighted by Crippen LogP contribution is 2.24. The molecule has 0 aliphatic rings. The lowest BCUT2D eigenvalue weighted by atomic mass is 10.1. The molecule has 3 rings (SSSR count). The van der Waals surface area contributed by atoms with Gasteiger partial charge in [-0.1, -0.05) is 35.9 Å². The lowest BCUT2D eigenvalue weighted by Gasteiger charge is -2.14. The van der Waals surface area contributed by atoms with Gasteiger partial charge in [0.2, 0.25) is 0 Å². The Kier molecular flexibility index (Phi) is 7.43. The molecule has 3 aromatic rings. The average Bonchev–Trinajstić information content (AvgIpc) is 2.75. The van der Waals surface area contributed by atoms with Crippen molar-refractivity contribution in [3.8, 4) is 5.75 Å². The van der Waals surface area contributed by atoms with Crippen molar-refractivity contribution in [3.63, 3.8) is 0 Å². The molecule has 0 bridgehead atoms. The summed E-state index contributed by atoms with van der Waals surface area (Å²) in [7, 11) is -3.86. The number of sulfonamides is 1. The molecule has 0 aromatic heterocycles. The standard InChI is InChI=1S/C26H30N2O4S/c1-17-7-11-23(21(5)14-17)28-33(30,31)25-16-22(10-9-20(25)4)26(29)27-12-13-32-24-15-18(2)6-8-19(24)3/h6-11,14-16,28H,12-13H2,1-5H3,(H,27,29). The number of ether oxygens (including phenoxy) is 1. The number of amides is 1. The van der Waals surface area contributed by atoms with Crippen molar-refractivity contribution in [2.24, 2.45) is 0 Å². The summed E-state index contributed by atoms with van der Waals surface area (Å²) < 4.78 is 34.5. The SMILES string of the molecule is Cc1ccc(NS(=O)(=O)c2cc(C(=O)NCCOc3cc(C)ccc3C)ccc2C)c(C)c1. The summed E-state index contributed by atoms with van der Waals surface area (Å²) in [6, 6.07) is 16.1. The molecule has 33 heavy (non-hydrogen) atoms. The minimum atomic E-state index is -3.86. The van der Waals surface area contributed by atoms with Gasteiger partial charge in [-0.3, -0.25) is 9.52 Å². The maximum atomic E-state index is 13.0. The van der Waals surface area contributed by atoms with E-state index in [2.05, 4.69) is 10.0 Å². The smallest absolute Gasteiger partial charge is 0.262 e. The van der Waals surface area contributed by atoms with E-state index in [4.69, 9.17) is 4.74 Å². The summed E-state index contributed by atoms with van der Waals surface area (Å²) >= 11 is 0. The first-order chi connectivity index (χ1) is 15.6. The Balaban J connectivity index is 1.68. The average molecular weight is 467 g/mol. The number of aryl methyl sites for hydroxylation is 5. The van der Waals surface area contributed by atoms with Crippen LogP contribution in [0, 0.1) is 34.6 Å². The number of hydrogen-bond acceptors (Lipinski definition) is 4. The Labute approximate surface area is 196 Å². The molecule has 0 aliphatic heterocycles. The van der Waals surface area contributed by atoms with E-state index in [-0.39, 0.29) is 16.4 Å². The van der Waals surface area contributed by atoms with Crippen LogP contribution in [0.4, 0.5) is 5.69 Å². The van der Waals surface area contributed by atoms with Crippen molar-refractivity contribution in [1.29, 1.82) is 0 Å². The summed E-state index contributed by atoms with van der Waals surface area (Å²) in [6.45, 7) is 10.1. The molecule has 0 heterocycles.